The molecule has 3 heterocycles. The quantitative estimate of drug-likeness (QED) is 0.152. The van der Waals surface area contributed by atoms with E-state index in [1.54, 1.807) is 31.5 Å². The molecule has 0 spiro atoms. The maximum absolute atomic E-state index is 13.1. The Morgan fingerprint density at radius 1 is 0.979 bits per heavy atom. The Morgan fingerprint density at radius 3 is 2.49 bits per heavy atom. The first-order valence-electron chi connectivity index (χ1n) is 15.5. The predicted molar refractivity (Wildman–Crippen MR) is 178 cm³/mol. The molecule has 244 valence electrons. The molecule has 2 aromatic heterocycles. The van der Waals surface area contributed by atoms with Gasteiger partial charge >= 0.3 is 5.97 Å². The number of carbonyl (C=O) groups is 3. The highest BCUT2D eigenvalue weighted by molar-refractivity contribution is 6.04. The lowest BCUT2D eigenvalue weighted by Crippen LogP contribution is -2.43. The molecular weight excluding hydrogens is 598 g/mol. The van der Waals surface area contributed by atoms with E-state index in [-0.39, 0.29) is 18.1 Å². The number of piperazine rings is 1. The van der Waals surface area contributed by atoms with Crippen LogP contribution in [0.1, 0.15) is 45.2 Å². The molecule has 1 aliphatic heterocycles. The van der Waals surface area contributed by atoms with Crippen LogP contribution in [0.2, 0.25) is 0 Å². The van der Waals surface area contributed by atoms with E-state index in [1.807, 2.05) is 49.4 Å². The Bertz CT molecular complexity index is 1720. The van der Waals surface area contributed by atoms with Crippen LogP contribution in [0, 0.1) is 6.92 Å². The van der Waals surface area contributed by atoms with E-state index < -0.39 is 24.3 Å². The number of carbonyl (C=O) groups excluding carboxylic acids is 3. The average Bonchev–Trinajstić information content (AvgIpc) is 3.08. The molecule has 4 aromatic rings. The minimum atomic E-state index is -1.55. The first-order valence-corrected chi connectivity index (χ1v) is 15.5. The third kappa shape index (κ3) is 9.03. The van der Waals surface area contributed by atoms with Crippen LogP contribution >= 0.6 is 0 Å². The molecule has 1 amide bonds. The fourth-order valence-electron chi connectivity index (χ4n) is 5.11. The minimum absolute atomic E-state index is 0.107. The van der Waals surface area contributed by atoms with Gasteiger partial charge in [-0.3, -0.25) is 19.5 Å². The van der Waals surface area contributed by atoms with Gasteiger partial charge in [-0.1, -0.05) is 18.2 Å². The molecule has 3 N–H and O–H groups in total. The zero-order valence-electron chi connectivity index (χ0n) is 26.8. The number of ketones is 1. The average molecular weight is 638 g/mol. The SMILES string of the molecule is CCOC(=O)C(O)CC(=O)c1cncc(-c2ccnc(Nc3cc(NC(=O)c4ccc(CN5CCN(C)CC5)cc4)ccc3C)n2)c1. The number of nitrogens with zero attached hydrogens (tertiary/aromatic N) is 5. The van der Waals surface area contributed by atoms with Crippen LogP contribution in [0.15, 0.2) is 73.2 Å². The Morgan fingerprint density at radius 2 is 1.74 bits per heavy atom. The van der Waals surface area contributed by atoms with Crippen LogP contribution in [-0.2, 0) is 16.1 Å². The summed E-state index contributed by atoms with van der Waals surface area (Å²) in [6.07, 6.45) is 2.54. The molecule has 1 unspecified atom stereocenters. The molecule has 0 aliphatic carbocycles. The summed E-state index contributed by atoms with van der Waals surface area (Å²) in [4.78, 5) is 55.3. The molecule has 47 heavy (non-hydrogen) atoms. The molecule has 0 bridgehead atoms. The third-order valence-corrected chi connectivity index (χ3v) is 7.91. The van der Waals surface area contributed by atoms with E-state index in [9.17, 15) is 19.5 Å². The number of likely N-dealkylation sites (N-methyl/N-ethyl adjacent to an activating group) is 1. The number of aliphatic hydroxyl groups is 1. The number of amides is 1. The molecule has 0 radical (unpaired) electrons. The second-order valence-corrected chi connectivity index (χ2v) is 11.5. The number of benzene rings is 2. The topological polar surface area (TPSA) is 150 Å². The molecule has 1 fully saturated rings. The molecule has 0 saturated carbocycles. The van der Waals surface area contributed by atoms with Crippen molar-refractivity contribution in [3.8, 4) is 11.3 Å². The lowest BCUT2D eigenvalue weighted by atomic mass is 10.0. The molecule has 12 heteroatoms. The number of aryl methyl sites for hydroxylation is 1. The van der Waals surface area contributed by atoms with Crippen molar-refractivity contribution in [2.45, 2.75) is 32.9 Å². The summed E-state index contributed by atoms with van der Waals surface area (Å²) in [7, 11) is 2.14. The van der Waals surface area contributed by atoms with Crippen molar-refractivity contribution in [1.29, 1.82) is 0 Å². The van der Waals surface area contributed by atoms with Crippen LogP contribution < -0.4 is 10.6 Å². The summed E-state index contributed by atoms with van der Waals surface area (Å²) in [5, 5.41) is 16.2. The fourth-order valence-corrected chi connectivity index (χ4v) is 5.11. The molecular formula is C35H39N7O5. The number of hydrogen-bond acceptors (Lipinski definition) is 11. The van der Waals surface area contributed by atoms with Crippen molar-refractivity contribution in [1.82, 2.24) is 24.8 Å². The summed E-state index contributed by atoms with van der Waals surface area (Å²) in [5.74, 6) is -1.20. The Hall–Kier alpha value is -5.04. The van der Waals surface area contributed by atoms with Crippen LogP contribution in [-0.4, -0.2) is 93.5 Å². The molecule has 5 rings (SSSR count). The molecule has 2 aromatic carbocycles. The van der Waals surface area contributed by atoms with E-state index in [2.05, 4.69) is 42.4 Å². The summed E-state index contributed by atoms with van der Waals surface area (Å²) >= 11 is 0. The predicted octanol–water partition coefficient (Wildman–Crippen LogP) is 4.09. The second kappa shape index (κ2) is 15.5. The zero-order chi connectivity index (χ0) is 33.3. The number of Topliss-reactive ketones (excluding diaryl/α,β-unsaturated/α-hetero) is 1. The van der Waals surface area contributed by atoms with Gasteiger partial charge in [-0.15, -0.1) is 0 Å². The summed E-state index contributed by atoms with van der Waals surface area (Å²) < 4.78 is 4.77. The van der Waals surface area contributed by atoms with Gasteiger partial charge < -0.3 is 25.4 Å². The van der Waals surface area contributed by atoms with E-state index in [4.69, 9.17) is 4.74 Å². The van der Waals surface area contributed by atoms with Gasteiger partial charge in [-0.2, -0.15) is 0 Å². The molecule has 12 nitrogen and oxygen atoms in total. The van der Waals surface area contributed by atoms with Crippen LogP contribution in [0.3, 0.4) is 0 Å². The highest BCUT2D eigenvalue weighted by atomic mass is 16.5. The Balaban J connectivity index is 1.23. The monoisotopic (exact) mass is 637 g/mol. The number of rotatable bonds is 12. The standard InChI is InChI=1S/C35H39N7O5/c1-4-47-34(46)32(44)19-31(43)27-17-26(20-36-21-27)29-11-12-37-35(39-29)40-30-18-28(10-5-23(30)2)38-33(45)25-8-6-24(7-9-25)22-42-15-13-41(3)14-16-42/h5-12,17-18,20-21,32,44H,4,13-16,19,22H2,1-3H3,(H,38,45)(H,37,39,40). The van der Waals surface area contributed by atoms with Gasteiger partial charge in [0.2, 0.25) is 5.95 Å². The fraction of sp³-hybridized carbons (Fsp3) is 0.314. The van der Waals surface area contributed by atoms with Crippen molar-refractivity contribution >= 4 is 35.0 Å². The van der Waals surface area contributed by atoms with Crippen molar-refractivity contribution in [2.75, 3.05) is 50.5 Å². The smallest absolute Gasteiger partial charge is 0.335 e. The summed E-state index contributed by atoms with van der Waals surface area (Å²) in [6.45, 7) is 8.73. The number of aliphatic hydroxyl groups excluding tert-OH is 1. The highest BCUT2D eigenvalue weighted by Gasteiger charge is 2.22. The lowest BCUT2D eigenvalue weighted by Gasteiger charge is -2.32. The maximum atomic E-state index is 13.1. The van der Waals surface area contributed by atoms with Crippen molar-refractivity contribution in [2.24, 2.45) is 0 Å². The number of anilines is 3. The lowest BCUT2D eigenvalue weighted by molar-refractivity contribution is -0.152. The number of nitrogens with one attached hydrogen (secondary N) is 2. The van der Waals surface area contributed by atoms with Gasteiger partial charge in [-0.25, -0.2) is 14.8 Å². The van der Waals surface area contributed by atoms with Crippen LogP contribution in [0.5, 0.6) is 0 Å². The van der Waals surface area contributed by atoms with Gasteiger partial charge in [0.1, 0.15) is 0 Å². The number of pyridine rings is 1. The normalized spacial score (nSPS) is 14.3. The van der Waals surface area contributed by atoms with Crippen LogP contribution in [0.25, 0.3) is 11.3 Å². The van der Waals surface area contributed by atoms with Crippen LogP contribution in [0.4, 0.5) is 17.3 Å². The van der Waals surface area contributed by atoms with E-state index >= 15 is 0 Å². The van der Waals surface area contributed by atoms with Gasteiger partial charge in [0.15, 0.2) is 11.9 Å². The van der Waals surface area contributed by atoms with Crippen molar-refractivity contribution < 1.29 is 24.2 Å². The number of esters is 1. The van der Waals surface area contributed by atoms with Crippen molar-refractivity contribution in [3.63, 3.8) is 0 Å². The number of aromatic nitrogens is 3. The van der Waals surface area contributed by atoms with E-state index in [1.165, 1.54) is 11.8 Å². The first-order chi connectivity index (χ1) is 22.7. The van der Waals surface area contributed by atoms with Gasteiger partial charge in [0.25, 0.3) is 5.91 Å². The van der Waals surface area contributed by atoms with E-state index in [0.717, 1.165) is 38.3 Å². The molecule has 1 aliphatic rings. The number of ether oxygens (including phenoxy) is 1. The van der Waals surface area contributed by atoms with Gasteiger partial charge in [-0.05, 0) is 68.4 Å². The van der Waals surface area contributed by atoms with E-state index in [0.29, 0.717) is 34.1 Å². The Kier molecular flexibility index (Phi) is 11.0. The zero-order valence-corrected chi connectivity index (χ0v) is 26.8. The second-order valence-electron chi connectivity index (χ2n) is 11.5. The largest absolute Gasteiger partial charge is 0.464 e. The summed E-state index contributed by atoms with van der Waals surface area (Å²) in [6, 6.07) is 16.6. The molecule has 1 saturated heterocycles. The van der Waals surface area contributed by atoms with Gasteiger partial charge in [0.05, 0.1) is 12.3 Å². The highest BCUT2D eigenvalue weighted by Crippen LogP contribution is 2.25. The number of hydrogen-bond donors (Lipinski definition) is 3. The molecule has 1 atom stereocenters. The first kappa shape index (κ1) is 33.3. The van der Waals surface area contributed by atoms with Gasteiger partial charge in [0, 0.05) is 85.8 Å². The third-order valence-electron chi connectivity index (χ3n) is 7.91. The summed E-state index contributed by atoms with van der Waals surface area (Å²) in [5.41, 5.74) is 5.27. The van der Waals surface area contributed by atoms with Crippen molar-refractivity contribution in [3.05, 3.63) is 95.4 Å². The maximum Gasteiger partial charge on any atom is 0.335 e. The minimum Gasteiger partial charge on any atom is -0.464 e. The Labute approximate surface area is 273 Å².